The van der Waals surface area contributed by atoms with Gasteiger partial charge in [0, 0.05) is 14.1 Å². The first-order valence-corrected chi connectivity index (χ1v) is 4.46. The van der Waals surface area contributed by atoms with Crippen molar-refractivity contribution in [3.05, 3.63) is 0 Å². The van der Waals surface area contributed by atoms with Crippen LogP contribution in [-0.4, -0.2) is 49.7 Å². The monoisotopic (exact) mass is 241 g/mol. The molecule has 0 aliphatic heterocycles. The van der Waals surface area contributed by atoms with E-state index in [-0.39, 0.29) is 0 Å². The van der Waals surface area contributed by atoms with Gasteiger partial charge < -0.3 is 15.5 Å². The zero-order valence-electron chi connectivity index (χ0n) is 9.18. The second-order valence-electron chi connectivity index (χ2n) is 3.40. The smallest absolute Gasteiger partial charge is 0.347 e. The summed E-state index contributed by atoms with van der Waals surface area (Å²) in [6.45, 7) is -0.0444. The van der Waals surface area contributed by atoms with E-state index in [0.29, 0.717) is 0 Å². The number of nitrogens with one attached hydrogen (secondary N) is 2. The van der Waals surface area contributed by atoms with Crippen molar-refractivity contribution in [3.63, 3.8) is 0 Å². The first-order chi connectivity index (χ1) is 7.13. The highest BCUT2D eigenvalue weighted by Crippen LogP contribution is 2.11. The number of hydrogen-bond acceptors (Lipinski definition) is 2. The summed E-state index contributed by atoms with van der Waals surface area (Å²) in [4.78, 5) is 23.4. The highest BCUT2D eigenvalue weighted by molar-refractivity contribution is 5.86. The Morgan fingerprint density at radius 1 is 1.31 bits per heavy atom. The molecule has 94 valence electrons. The number of carbonyl (C=O) groups excluding carboxylic acids is 2. The summed E-state index contributed by atoms with van der Waals surface area (Å²) in [5.74, 6) is -0.401. The number of rotatable bonds is 3. The summed E-state index contributed by atoms with van der Waals surface area (Å²) < 4.78 is 35.2. The molecule has 5 nitrogen and oxygen atoms in total. The van der Waals surface area contributed by atoms with E-state index in [1.54, 1.807) is 5.32 Å². The Bertz CT molecular complexity index is 266. The minimum Gasteiger partial charge on any atom is -0.347 e. The van der Waals surface area contributed by atoms with Crippen LogP contribution in [0.25, 0.3) is 0 Å². The van der Waals surface area contributed by atoms with Crippen molar-refractivity contribution in [1.82, 2.24) is 15.5 Å². The molecule has 0 radical (unpaired) electrons. The second kappa shape index (κ2) is 5.57. The third-order valence-electron chi connectivity index (χ3n) is 1.61. The van der Waals surface area contributed by atoms with Crippen molar-refractivity contribution >= 4 is 11.9 Å². The number of alkyl halides is 3. The van der Waals surface area contributed by atoms with Crippen molar-refractivity contribution in [1.29, 1.82) is 0 Å². The first kappa shape index (κ1) is 14.5. The molecule has 16 heavy (non-hydrogen) atoms. The van der Waals surface area contributed by atoms with Crippen LogP contribution >= 0.6 is 0 Å². The first-order valence-electron chi connectivity index (χ1n) is 4.46. The minimum atomic E-state index is -4.47. The fraction of sp³-hybridized carbons (Fsp3) is 0.750. The Labute approximate surface area is 91.0 Å². The van der Waals surface area contributed by atoms with Crippen LogP contribution in [0, 0.1) is 0 Å². The summed E-state index contributed by atoms with van der Waals surface area (Å²) in [5, 5.41) is 3.69. The maximum absolute atomic E-state index is 11.7. The molecule has 0 saturated carbocycles. The highest BCUT2D eigenvalue weighted by atomic mass is 19.4. The van der Waals surface area contributed by atoms with Gasteiger partial charge in [-0.15, -0.1) is 0 Å². The zero-order chi connectivity index (χ0) is 12.9. The molecule has 0 aliphatic rings. The number of carbonyl (C=O) groups is 2. The standard InChI is InChI=1S/C8H14F3N3O2/c1-5(6(15)14(2)3)13-7(16)12-4-8(9,10)11/h5H,4H2,1-3H3,(H2,12,13,16). The summed E-state index contributed by atoms with van der Waals surface area (Å²) in [6.07, 6.45) is -4.47. The lowest BCUT2D eigenvalue weighted by atomic mass is 10.3. The van der Waals surface area contributed by atoms with Crippen LogP contribution in [0.1, 0.15) is 6.92 Å². The van der Waals surface area contributed by atoms with E-state index in [1.807, 2.05) is 0 Å². The lowest BCUT2D eigenvalue weighted by Crippen LogP contribution is -2.49. The van der Waals surface area contributed by atoms with Gasteiger partial charge in [0.2, 0.25) is 5.91 Å². The van der Waals surface area contributed by atoms with Crippen LogP contribution in [0.5, 0.6) is 0 Å². The van der Waals surface area contributed by atoms with E-state index >= 15 is 0 Å². The molecule has 0 fully saturated rings. The average Bonchev–Trinajstić information content (AvgIpc) is 2.12. The normalized spacial score (nSPS) is 12.9. The van der Waals surface area contributed by atoms with Crippen molar-refractivity contribution in [2.45, 2.75) is 19.1 Å². The fourth-order valence-electron chi connectivity index (χ4n) is 0.877. The molecule has 0 aromatic heterocycles. The maximum atomic E-state index is 11.7. The van der Waals surface area contributed by atoms with Crippen LogP contribution in [0.3, 0.4) is 0 Å². The number of nitrogens with zero attached hydrogens (tertiary/aromatic N) is 1. The molecule has 0 rings (SSSR count). The van der Waals surface area contributed by atoms with Crippen LogP contribution < -0.4 is 10.6 Å². The molecule has 1 atom stereocenters. The predicted octanol–water partition coefficient (Wildman–Crippen LogP) is 0.325. The zero-order valence-corrected chi connectivity index (χ0v) is 9.18. The van der Waals surface area contributed by atoms with Gasteiger partial charge in [-0.3, -0.25) is 4.79 Å². The largest absolute Gasteiger partial charge is 0.405 e. The SMILES string of the molecule is CC(NC(=O)NCC(F)(F)F)C(=O)N(C)C. The molecule has 3 amide bonds. The van der Waals surface area contributed by atoms with Gasteiger partial charge in [0.25, 0.3) is 0 Å². The molecule has 0 aromatic carbocycles. The predicted molar refractivity (Wildman–Crippen MR) is 50.7 cm³/mol. The Morgan fingerprint density at radius 2 is 1.81 bits per heavy atom. The summed E-state index contributed by atoms with van der Waals surface area (Å²) in [6, 6.07) is -1.90. The fourth-order valence-corrected chi connectivity index (χ4v) is 0.877. The molecular formula is C8H14F3N3O2. The van der Waals surface area contributed by atoms with E-state index in [0.717, 1.165) is 0 Å². The summed E-state index contributed by atoms with van der Waals surface area (Å²) in [7, 11) is 2.96. The molecule has 0 bridgehead atoms. The van der Waals surface area contributed by atoms with Gasteiger partial charge in [-0.25, -0.2) is 4.79 Å². The average molecular weight is 241 g/mol. The van der Waals surface area contributed by atoms with Crippen LogP contribution in [0.4, 0.5) is 18.0 Å². The minimum absolute atomic E-state index is 0.401. The van der Waals surface area contributed by atoms with Crippen LogP contribution in [0.2, 0.25) is 0 Å². The van der Waals surface area contributed by atoms with E-state index < -0.39 is 30.7 Å². The van der Waals surface area contributed by atoms with Crippen LogP contribution in [0.15, 0.2) is 0 Å². The number of hydrogen-bond donors (Lipinski definition) is 2. The molecule has 8 heteroatoms. The van der Waals surface area contributed by atoms with E-state index in [1.165, 1.54) is 25.9 Å². The quantitative estimate of drug-likeness (QED) is 0.747. The molecule has 2 N–H and O–H groups in total. The van der Waals surface area contributed by atoms with Crippen molar-refractivity contribution in [2.24, 2.45) is 0 Å². The Morgan fingerprint density at radius 3 is 2.19 bits per heavy atom. The molecule has 0 spiro atoms. The Kier molecular flexibility index (Phi) is 5.06. The van der Waals surface area contributed by atoms with Gasteiger partial charge in [-0.2, -0.15) is 13.2 Å². The van der Waals surface area contributed by atoms with Gasteiger partial charge in [0.1, 0.15) is 12.6 Å². The van der Waals surface area contributed by atoms with Gasteiger partial charge in [-0.05, 0) is 6.92 Å². The maximum Gasteiger partial charge on any atom is 0.405 e. The number of urea groups is 1. The van der Waals surface area contributed by atoms with Gasteiger partial charge in [0.05, 0.1) is 0 Å². The molecular weight excluding hydrogens is 227 g/mol. The van der Waals surface area contributed by atoms with Crippen molar-refractivity contribution in [3.8, 4) is 0 Å². The van der Waals surface area contributed by atoms with Crippen molar-refractivity contribution in [2.75, 3.05) is 20.6 Å². The third kappa shape index (κ3) is 6.10. The van der Waals surface area contributed by atoms with E-state index in [4.69, 9.17) is 0 Å². The molecule has 1 unspecified atom stereocenters. The lowest BCUT2D eigenvalue weighted by molar-refractivity contribution is -0.130. The van der Waals surface area contributed by atoms with Gasteiger partial charge in [-0.1, -0.05) is 0 Å². The Balaban J connectivity index is 4.02. The summed E-state index contributed by atoms with van der Waals surface area (Å²) in [5.41, 5.74) is 0. The second-order valence-corrected chi connectivity index (χ2v) is 3.40. The molecule has 0 aromatic rings. The lowest BCUT2D eigenvalue weighted by Gasteiger charge is -2.18. The molecule has 0 heterocycles. The number of halogens is 3. The molecule has 0 saturated heterocycles. The molecule has 0 aliphatic carbocycles. The Hall–Kier alpha value is -1.47. The van der Waals surface area contributed by atoms with E-state index in [2.05, 4.69) is 5.32 Å². The van der Waals surface area contributed by atoms with Crippen LogP contribution in [-0.2, 0) is 4.79 Å². The summed E-state index contributed by atoms with van der Waals surface area (Å²) >= 11 is 0. The van der Waals surface area contributed by atoms with E-state index in [9.17, 15) is 22.8 Å². The van der Waals surface area contributed by atoms with Gasteiger partial charge >= 0.3 is 12.2 Å². The number of likely N-dealkylation sites (N-methyl/N-ethyl adjacent to an activating group) is 1. The van der Waals surface area contributed by atoms with Crippen molar-refractivity contribution < 1.29 is 22.8 Å². The topological polar surface area (TPSA) is 61.4 Å². The highest BCUT2D eigenvalue weighted by Gasteiger charge is 2.28. The number of amides is 3. The van der Waals surface area contributed by atoms with Gasteiger partial charge in [0.15, 0.2) is 0 Å². The third-order valence-corrected chi connectivity index (χ3v) is 1.61.